The van der Waals surface area contributed by atoms with Gasteiger partial charge in [0.2, 0.25) is 0 Å². The van der Waals surface area contributed by atoms with Gasteiger partial charge in [-0.25, -0.2) is 18.7 Å². The summed E-state index contributed by atoms with van der Waals surface area (Å²) in [6.45, 7) is -0.137. The van der Waals surface area contributed by atoms with Crippen molar-refractivity contribution in [2.45, 2.75) is 6.54 Å². The number of halogens is 2. The Hall–Kier alpha value is -5.37. The maximum Gasteiger partial charge on any atom is 0.266 e. The third-order valence-electron chi connectivity index (χ3n) is 5.67. The smallest absolute Gasteiger partial charge is 0.266 e. The lowest BCUT2D eigenvalue weighted by Crippen LogP contribution is -2.33. The predicted molar refractivity (Wildman–Crippen MR) is 135 cm³/mol. The molecule has 0 aliphatic carbocycles. The summed E-state index contributed by atoms with van der Waals surface area (Å²) in [5.74, 6) is 2.77. The fraction of sp³-hybridized carbons (Fsp3) is 0.0741. The normalized spacial score (nSPS) is 13.0. The van der Waals surface area contributed by atoms with Crippen LogP contribution in [0.2, 0.25) is 0 Å². The fourth-order valence-electron chi connectivity index (χ4n) is 3.84. The van der Waals surface area contributed by atoms with Crippen molar-refractivity contribution in [3.63, 3.8) is 0 Å². The molecule has 0 atom stereocenters. The van der Waals surface area contributed by atoms with Crippen LogP contribution < -0.4 is 16.2 Å². The van der Waals surface area contributed by atoms with Crippen LogP contribution >= 0.6 is 0 Å². The number of aromatic nitrogens is 4. The molecular formula is C27H18F2N6O3. The number of imidazole rings is 1. The number of hydrogen-bond donors (Lipinski definition) is 3. The first-order chi connectivity index (χ1) is 18.4. The SMILES string of the molecule is O=C1Nc2cc(C#CCNC(=O)c3cncn(Cc4ccc(F)c(F)c4)c3=O)ccc2/C1=C/c1cnc[nH]1. The molecular weight excluding hydrogens is 494 g/mol. The highest BCUT2D eigenvalue weighted by Crippen LogP contribution is 2.33. The fourth-order valence-corrected chi connectivity index (χ4v) is 3.84. The second kappa shape index (κ2) is 10.3. The number of amides is 2. The van der Waals surface area contributed by atoms with E-state index < -0.39 is 23.1 Å². The number of fused-ring (bicyclic) bond motifs is 1. The average molecular weight is 512 g/mol. The van der Waals surface area contributed by atoms with Crippen LogP contribution in [0.4, 0.5) is 14.5 Å². The van der Waals surface area contributed by atoms with Crippen molar-refractivity contribution in [1.82, 2.24) is 24.8 Å². The maximum atomic E-state index is 13.5. The number of rotatable bonds is 5. The number of nitrogens with one attached hydrogen (secondary N) is 3. The number of aromatic amines is 1. The minimum absolute atomic E-state index is 0.0508. The zero-order valence-electron chi connectivity index (χ0n) is 19.6. The lowest BCUT2D eigenvalue weighted by atomic mass is 10.0. The molecule has 2 aromatic carbocycles. The molecule has 0 fully saturated rings. The van der Waals surface area contributed by atoms with E-state index in [1.165, 1.54) is 18.7 Å². The second-order valence-electron chi connectivity index (χ2n) is 8.25. The number of anilines is 1. The number of H-pyrrole nitrogens is 1. The van der Waals surface area contributed by atoms with E-state index in [0.29, 0.717) is 28.1 Å². The summed E-state index contributed by atoms with van der Waals surface area (Å²) in [5.41, 5.74) is 2.67. The number of hydrogen-bond acceptors (Lipinski definition) is 5. The Morgan fingerprint density at radius 1 is 1.08 bits per heavy atom. The molecule has 9 nitrogen and oxygen atoms in total. The highest BCUT2D eigenvalue weighted by Gasteiger charge is 2.24. The van der Waals surface area contributed by atoms with E-state index in [0.717, 1.165) is 28.5 Å². The Morgan fingerprint density at radius 2 is 1.95 bits per heavy atom. The molecule has 3 N–H and O–H groups in total. The standard InChI is InChI=1S/C27H18F2N6O3/c28-22-6-4-17(8-23(22)29)13-35-15-31-12-21(27(35)38)25(36)32-7-1-2-16-3-5-19-20(10-18-11-30-14-33-18)26(37)34-24(19)9-16/h3-6,8-12,14-15H,7,13H2,(H,30,33)(H,32,36)(H,34,37)/b20-10-. The van der Waals surface area contributed by atoms with Crippen LogP contribution in [0, 0.1) is 23.5 Å². The second-order valence-corrected chi connectivity index (χ2v) is 8.25. The van der Waals surface area contributed by atoms with Crippen molar-refractivity contribution in [2.24, 2.45) is 0 Å². The van der Waals surface area contributed by atoms with Gasteiger partial charge in [-0.2, -0.15) is 0 Å². The average Bonchev–Trinajstić information content (AvgIpc) is 3.53. The molecule has 0 bridgehead atoms. The van der Waals surface area contributed by atoms with Gasteiger partial charge in [-0.05, 0) is 35.9 Å². The van der Waals surface area contributed by atoms with Gasteiger partial charge in [0.15, 0.2) is 11.6 Å². The quantitative estimate of drug-likeness (QED) is 0.280. The van der Waals surface area contributed by atoms with Crippen LogP contribution in [0.3, 0.4) is 0 Å². The van der Waals surface area contributed by atoms with Gasteiger partial charge in [0, 0.05) is 17.3 Å². The van der Waals surface area contributed by atoms with Gasteiger partial charge in [0.1, 0.15) is 5.56 Å². The molecule has 11 heteroatoms. The van der Waals surface area contributed by atoms with E-state index in [2.05, 4.69) is 37.4 Å². The number of carbonyl (C=O) groups is 2. The van der Waals surface area contributed by atoms with E-state index in [-0.39, 0.29) is 24.6 Å². The molecule has 0 unspecified atom stereocenters. The molecule has 2 amide bonds. The van der Waals surface area contributed by atoms with Gasteiger partial charge in [-0.1, -0.05) is 24.0 Å². The molecule has 0 saturated heterocycles. The summed E-state index contributed by atoms with van der Waals surface area (Å²) in [6, 6.07) is 8.55. The molecule has 0 spiro atoms. The number of benzene rings is 2. The van der Waals surface area contributed by atoms with Crippen molar-refractivity contribution in [3.05, 3.63) is 111 Å². The summed E-state index contributed by atoms with van der Waals surface area (Å²) in [7, 11) is 0. The molecule has 1 aliphatic heterocycles. The van der Waals surface area contributed by atoms with Crippen LogP contribution in [0.15, 0.2) is 66.2 Å². The molecule has 5 rings (SSSR count). The van der Waals surface area contributed by atoms with Gasteiger partial charge in [-0.15, -0.1) is 0 Å². The molecule has 1 aliphatic rings. The molecule has 38 heavy (non-hydrogen) atoms. The van der Waals surface area contributed by atoms with E-state index in [4.69, 9.17) is 0 Å². The number of nitrogens with zero attached hydrogens (tertiary/aromatic N) is 3. The van der Waals surface area contributed by atoms with Crippen molar-refractivity contribution >= 4 is 29.2 Å². The minimum atomic E-state index is -1.03. The van der Waals surface area contributed by atoms with E-state index >= 15 is 0 Å². The van der Waals surface area contributed by atoms with Gasteiger partial charge in [-0.3, -0.25) is 19.0 Å². The number of carbonyl (C=O) groups excluding carboxylic acids is 2. The molecule has 4 aromatic rings. The largest absolute Gasteiger partial charge is 0.345 e. The summed E-state index contributed by atoms with van der Waals surface area (Å²) in [6.07, 6.45) is 7.18. The highest BCUT2D eigenvalue weighted by atomic mass is 19.2. The lowest BCUT2D eigenvalue weighted by molar-refractivity contribution is -0.110. The third-order valence-corrected chi connectivity index (χ3v) is 5.67. The Bertz CT molecular complexity index is 1710. The van der Waals surface area contributed by atoms with Crippen LogP contribution in [0.25, 0.3) is 11.6 Å². The van der Waals surface area contributed by atoms with Crippen molar-refractivity contribution in [3.8, 4) is 11.8 Å². The lowest BCUT2D eigenvalue weighted by Gasteiger charge is -2.08. The Labute approximate surface area is 214 Å². The first kappa shape index (κ1) is 24.3. The Balaban J connectivity index is 1.24. The third kappa shape index (κ3) is 5.10. The van der Waals surface area contributed by atoms with E-state index in [1.807, 2.05) is 0 Å². The molecule has 2 aromatic heterocycles. The van der Waals surface area contributed by atoms with Crippen molar-refractivity contribution in [1.29, 1.82) is 0 Å². The highest BCUT2D eigenvalue weighted by molar-refractivity contribution is 6.34. The van der Waals surface area contributed by atoms with E-state index in [1.54, 1.807) is 30.5 Å². The monoisotopic (exact) mass is 512 g/mol. The van der Waals surface area contributed by atoms with Gasteiger partial charge in [0.25, 0.3) is 17.4 Å². The first-order valence-corrected chi connectivity index (χ1v) is 11.3. The Kier molecular flexibility index (Phi) is 6.61. The van der Waals surface area contributed by atoms with E-state index in [9.17, 15) is 23.2 Å². The van der Waals surface area contributed by atoms with Gasteiger partial charge in [0.05, 0.1) is 48.9 Å². The van der Waals surface area contributed by atoms with Crippen molar-refractivity contribution in [2.75, 3.05) is 11.9 Å². The molecule has 0 radical (unpaired) electrons. The van der Waals surface area contributed by atoms with Crippen LogP contribution in [-0.4, -0.2) is 37.9 Å². The predicted octanol–water partition coefficient (Wildman–Crippen LogP) is 2.57. The topological polar surface area (TPSA) is 122 Å². The molecule has 0 saturated carbocycles. The van der Waals surface area contributed by atoms with Gasteiger partial charge < -0.3 is 15.6 Å². The van der Waals surface area contributed by atoms with Crippen LogP contribution in [0.5, 0.6) is 0 Å². The maximum absolute atomic E-state index is 13.5. The minimum Gasteiger partial charge on any atom is -0.345 e. The zero-order valence-corrected chi connectivity index (χ0v) is 19.6. The summed E-state index contributed by atoms with van der Waals surface area (Å²) in [5, 5.41) is 5.35. The molecule has 188 valence electrons. The summed E-state index contributed by atoms with van der Waals surface area (Å²) in [4.78, 5) is 48.4. The zero-order chi connectivity index (χ0) is 26.6. The van der Waals surface area contributed by atoms with Gasteiger partial charge >= 0.3 is 0 Å². The summed E-state index contributed by atoms with van der Waals surface area (Å²) >= 11 is 0. The van der Waals surface area contributed by atoms with Crippen molar-refractivity contribution < 1.29 is 18.4 Å². The first-order valence-electron chi connectivity index (χ1n) is 11.3. The van der Waals surface area contributed by atoms with Crippen LogP contribution in [-0.2, 0) is 11.3 Å². The molecule has 3 heterocycles. The van der Waals surface area contributed by atoms with Crippen LogP contribution in [0.1, 0.15) is 32.7 Å². The summed E-state index contributed by atoms with van der Waals surface area (Å²) < 4.78 is 27.8. The Morgan fingerprint density at radius 3 is 2.74 bits per heavy atom.